The highest BCUT2D eigenvalue weighted by Gasteiger charge is 2.38. The predicted molar refractivity (Wildman–Crippen MR) is 114 cm³/mol. The molecule has 0 spiro atoms. The van der Waals surface area contributed by atoms with Crippen molar-refractivity contribution in [1.29, 1.82) is 0 Å². The van der Waals surface area contributed by atoms with Gasteiger partial charge in [0.2, 0.25) is 10.0 Å². The van der Waals surface area contributed by atoms with E-state index in [9.17, 15) is 22.0 Å². The second-order valence-corrected chi connectivity index (χ2v) is 10.1. The third kappa shape index (κ3) is 3.92. The average molecular weight is 450 g/mol. The molecule has 0 radical (unpaired) electrons. The molecule has 0 atom stereocenters. The fourth-order valence-electron chi connectivity index (χ4n) is 4.58. The molecule has 1 saturated carbocycles. The second-order valence-electron chi connectivity index (χ2n) is 8.37. The minimum Gasteiger partial charge on any atom is -0.295 e. The lowest BCUT2D eigenvalue weighted by molar-refractivity contribution is 0.261. The minimum atomic E-state index is -4.00. The molecule has 0 unspecified atom stereocenters. The van der Waals surface area contributed by atoms with E-state index < -0.39 is 27.2 Å². The van der Waals surface area contributed by atoms with Crippen LogP contribution in [0.3, 0.4) is 0 Å². The van der Waals surface area contributed by atoms with Gasteiger partial charge < -0.3 is 0 Å². The van der Waals surface area contributed by atoms with Crippen LogP contribution in [0.2, 0.25) is 0 Å². The Kier molecular flexibility index (Phi) is 5.51. The van der Waals surface area contributed by atoms with E-state index >= 15 is 0 Å². The van der Waals surface area contributed by atoms with Gasteiger partial charge in [0.05, 0.1) is 15.9 Å². The Morgan fingerprint density at radius 2 is 1.58 bits per heavy atom. The van der Waals surface area contributed by atoms with Crippen molar-refractivity contribution in [3.8, 4) is 0 Å². The average Bonchev–Trinajstić information content (AvgIpc) is 2.95. The Labute approximate surface area is 179 Å². The molecule has 1 heterocycles. The zero-order valence-electron chi connectivity index (χ0n) is 17.5. The standard InChI is InChI=1S/C22H25F2N3O3S/c1-26-19-10-9-15(13-20(19)27(2)21(26)28)31(29,30)25-22(11-4-3-5-12-22)14-16-17(23)7-6-8-18(16)24/h6-10,13,25H,3-5,11-12,14H2,1-2H3. The largest absolute Gasteiger partial charge is 0.328 e. The van der Waals surface area contributed by atoms with Crippen molar-refractivity contribution in [3.05, 3.63) is 64.1 Å². The molecule has 0 bridgehead atoms. The molecule has 166 valence electrons. The fourth-order valence-corrected chi connectivity index (χ4v) is 6.06. The number of nitrogens with zero attached hydrogens (tertiary/aromatic N) is 2. The fraction of sp³-hybridized carbons (Fsp3) is 0.409. The van der Waals surface area contributed by atoms with E-state index in [0.29, 0.717) is 23.9 Å². The quantitative estimate of drug-likeness (QED) is 0.649. The number of halogens is 2. The Bertz CT molecular complexity index is 1290. The predicted octanol–water partition coefficient (Wildman–Crippen LogP) is 3.38. The molecular formula is C22H25F2N3O3S. The summed E-state index contributed by atoms with van der Waals surface area (Å²) in [5.74, 6) is -1.35. The van der Waals surface area contributed by atoms with Gasteiger partial charge in [-0.25, -0.2) is 26.7 Å². The summed E-state index contributed by atoms with van der Waals surface area (Å²) in [4.78, 5) is 12.2. The minimum absolute atomic E-state index is 0.0140. The molecule has 1 N–H and O–H groups in total. The van der Waals surface area contributed by atoms with Crippen LogP contribution in [0.1, 0.15) is 37.7 Å². The first-order valence-corrected chi connectivity index (χ1v) is 11.7. The molecule has 1 aliphatic carbocycles. The van der Waals surface area contributed by atoms with Crippen molar-refractivity contribution in [3.63, 3.8) is 0 Å². The van der Waals surface area contributed by atoms with E-state index in [1.54, 1.807) is 20.2 Å². The molecular weight excluding hydrogens is 424 g/mol. The zero-order valence-corrected chi connectivity index (χ0v) is 18.3. The Morgan fingerprint density at radius 1 is 0.968 bits per heavy atom. The number of hydrogen-bond acceptors (Lipinski definition) is 3. The van der Waals surface area contributed by atoms with Crippen LogP contribution < -0.4 is 10.4 Å². The van der Waals surface area contributed by atoms with Gasteiger partial charge in [0.15, 0.2) is 0 Å². The molecule has 1 aliphatic rings. The van der Waals surface area contributed by atoms with Crippen LogP contribution in [-0.4, -0.2) is 23.1 Å². The second kappa shape index (κ2) is 7.87. The van der Waals surface area contributed by atoms with Crippen LogP contribution in [0.15, 0.2) is 46.1 Å². The first-order valence-electron chi connectivity index (χ1n) is 10.3. The molecule has 2 aromatic carbocycles. The molecule has 0 saturated heterocycles. The van der Waals surface area contributed by atoms with Gasteiger partial charge in [0.1, 0.15) is 11.6 Å². The van der Waals surface area contributed by atoms with Gasteiger partial charge in [-0.15, -0.1) is 0 Å². The number of nitrogens with one attached hydrogen (secondary N) is 1. The van der Waals surface area contributed by atoms with Crippen molar-refractivity contribution in [2.24, 2.45) is 14.1 Å². The molecule has 3 aromatic rings. The van der Waals surface area contributed by atoms with Gasteiger partial charge in [-0.05, 0) is 49.6 Å². The number of aryl methyl sites for hydroxylation is 2. The summed E-state index contributed by atoms with van der Waals surface area (Å²) in [5.41, 5.74) is -0.220. The summed E-state index contributed by atoms with van der Waals surface area (Å²) in [5, 5.41) is 0. The third-order valence-electron chi connectivity index (χ3n) is 6.29. The lowest BCUT2D eigenvalue weighted by Gasteiger charge is -2.38. The molecule has 1 fully saturated rings. The maximum Gasteiger partial charge on any atom is 0.328 e. The van der Waals surface area contributed by atoms with Crippen LogP contribution in [0.25, 0.3) is 11.0 Å². The lowest BCUT2D eigenvalue weighted by atomic mass is 9.78. The number of hydrogen-bond donors (Lipinski definition) is 1. The number of fused-ring (bicyclic) bond motifs is 1. The van der Waals surface area contributed by atoms with E-state index in [-0.39, 0.29) is 22.6 Å². The highest BCUT2D eigenvalue weighted by Crippen LogP contribution is 2.34. The van der Waals surface area contributed by atoms with Crippen LogP contribution in [0.4, 0.5) is 8.78 Å². The Hall–Kier alpha value is -2.52. The normalized spacial score (nSPS) is 16.6. The van der Waals surface area contributed by atoms with Crippen molar-refractivity contribution < 1.29 is 17.2 Å². The molecule has 31 heavy (non-hydrogen) atoms. The van der Waals surface area contributed by atoms with Gasteiger partial charge >= 0.3 is 5.69 Å². The first-order chi connectivity index (χ1) is 14.6. The number of benzene rings is 2. The van der Waals surface area contributed by atoms with Crippen molar-refractivity contribution in [1.82, 2.24) is 13.9 Å². The monoisotopic (exact) mass is 449 g/mol. The highest BCUT2D eigenvalue weighted by atomic mass is 32.2. The smallest absolute Gasteiger partial charge is 0.295 e. The van der Waals surface area contributed by atoms with E-state index in [4.69, 9.17) is 0 Å². The summed E-state index contributed by atoms with van der Waals surface area (Å²) in [6.45, 7) is 0. The van der Waals surface area contributed by atoms with E-state index in [2.05, 4.69) is 4.72 Å². The summed E-state index contributed by atoms with van der Waals surface area (Å²) in [6, 6.07) is 8.17. The van der Waals surface area contributed by atoms with Gasteiger partial charge in [0, 0.05) is 25.2 Å². The first kappa shape index (κ1) is 21.7. The summed E-state index contributed by atoms with van der Waals surface area (Å²) >= 11 is 0. The van der Waals surface area contributed by atoms with E-state index in [1.807, 2.05) is 0 Å². The number of imidazole rings is 1. The Morgan fingerprint density at radius 3 is 2.23 bits per heavy atom. The van der Waals surface area contributed by atoms with E-state index in [0.717, 1.165) is 19.3 Å². The maximum absolute atomic E-state index is 14.3. The number of sulfonamides is 1. The summed E-state index contributed by atoms with van der Waals surface area (Å²) in [6.07, 6.45) is 3.41. The van der Waals surface area contributed by atoms with Crippen LogP contribution >= 0.6 is 0 Å². The van der Waals surface area contributed by atoms with E-state index in [1.165, 1.54) is 39.5 Å². The SMILES string of the molecule is Cn1c(=O)n(C)c2cc(S(=O)(=O)NC3(Cc4c(F)cccc4F)CCCCC3)ccc21. The van der Waals surface area contributed by atoms with Crippen molar-refractivity contribution >= 4 is 21.1 Å². The summed E-state index contributed by atoms with van der Waals surface area (Å²) < 4.78 is 60.9. The molecule has 9 heteroatoms. The van der Waals surface area contributed by atoms with Gasteiger partial charge in [-0.1, -0.05) is 25.3 Å². The van der Waals surface area contributed by atoms with Crippen molar-refractivity contribution in [2.75, 3.05) is 0 Å². The number of aromatic nitrogens is 2. The van der Waals surface area contributed by atoms with Crippen molar-refractivity contribution in [2.45, 2.75) is 49.0 Å². The highest BCUT2D eigenvalue weighted by molar-refractivity contribution is 7.89. The molecule has 1 aromatic heterocycles. The van der Waals surface area contributed by atoms with Gasteiger partial charge in [0.25, 0.3) is 0 Å². The van der Waals surface area contributed by atoms with Crippen LogP contribution in [-0.2, 0) is 30.5 Å². The van der Waals surface area contributed by atoms with Crippen LogP contribution in [0, 0.1) is 11.6 Å². The maximum atomic E-state index is 14.3. The summed E-state index contributed by atoms with van der Waals surface area (Å²) in [7, 11) is -0.792. The molecule has 6 nitrogen and oxygen atoms in total. The number of rotatable bonds is 5. The lowest BCUT2D eigenvalue weighted by Crippen LogP contribution is -2.51. The van der Waals surface area contributed by atoms with Crippen LogP contribution in [0.5, 0.6) is 0 Å². The zero-order chi connectivity index (χ0) is 22.4. The topological polar surface area (TPSA) is 73.1 Å². The molecule has 0 amide bonds. The van der Waals surface area contributed by atoms with Gasteiger partial charge in [-0.3, -0.25) is 9.13 Å². The molecule has 4 rings (SSSR count). The Balaban J connectivity index is 1.73. The molecule has 0 aliphatic heterocycles. The third-order valence-corrected chi connectivity index (χ3v) is 7.87. The van der Waals surface area contributed by atoms with Gasteiger partial charge in [-0.2, -0.15) is 0 Å².